The van der Waals surface area contributed by atoms with Gasteiger partial charge in [0.05, 0.1) is 26.4 Å². The van der Waals surface area contributed by atoms with Crippen LogP contribution in [0.4, 0.5) is 0 Å². The quantitative estimate of drug-likeness (QED) is 0.474. The van der Waals surface area contributed by atoms with Crippen LogP contribution in [0.25, 0.3) is 0 Å². The van der Waals surface area contributed by atoms with E-state index in [4.69, 9.17) is 9.47 Å². The number of hydrogen-bond donors (Lipinski definition) is 2. The third-order valence-corrected chi connectivity index (χ3v) is 6.68. The van der Waals surface area contributed by atoms with Gasteiger partial charge in [-0.15, -0.1) is 0 Å². The number of carboxylic acid groups (broad SMARTS) is 2. The van der Waals surface area contributed by atoms with Crippen LogP contribution in [0.15, 0.2) is 0 Å². The SMILES string of the molecule is O=C(CC(C(=O)O)N1CCOCC1)C1CCC(C(=O)CC(C(=O)O)N2CCOCC2)C1. The molecule has 31 heavy (non-hydrogen) atoms. The zero-order chi connectivity index (χ0) is 22.4. The molecule has 3 rings (SSSR count). The number of aliphatic carboxylic acids is 2. The summed E-state index contributed by atoms with van der Waals surface area (Å²) in [7, 11) is 0. The second-order valence-electron chi connectivity index (χ2n) is 8.55. The van der Waals surface area contributed by atoms with Gasteiger partial charge in [0.2, 0.25) is 0 Å². The van der Waals surface area contributed by atoms with Gasteiger partial charge in [-0.1, -0.05) is 0 Å². The van der Waals surface area contributed by atoms with Crippen molar-refractivity contribution in [1.29, 1.82) is 0 Å². The summed E-state index contributed by atoms with van der Waals surface area (Å²) in [6, 6.07) is -1.74. The van der Waals surface area contributed by atoms with Crippen molar-refractivity contribution in [2.45, 2.75) is 44.2 Å². The number of Topliss-reactive ketones (excluding diaryl/α,β-unsaturated/α-hetero) is 2. The third kappa shape index (κ3) is 6.31. The fourth-order valence-corrected chi connectivity index (χ4v) is 4.80. The van der Waals surface area contributed by atoms with Crippen LogP contribution in [0, 0.1) is 11.8 Å². The predicted octanol–water partition coefficient (Wildman–Crippen LogP) is -0.108. The van der Waals surface area contributed by atoms with E-state index in [-0.39, 0.29) is 36.2 Å². The number of carbonyl (C=O) groups excluding carboxylic acids is 2. The number of nitrogens with zero attached hydrogens (tertiary/aromatic N) is 2. The molecule has 4 atom stereocenters. The summed E-state index contributed by atoms with van der Waals surface area (Å²) >= 11 is 0. The average molecular weight is 440 g/mol. The second kappa shape index (κ2) is 11.1. The molecule has 3 fully saturated rings. The lowest BCUT2D eigenvalue weighted by atomic mass is 9.92. The zero-order valence-corrected chi connectivity index (χ0v) is 17.7. The molecular weight excluding hydrogens is 408 g/mol. The Morgan fingerprint density at radius 1 is 0.710 bits per heavy atom. The minimum Gasteiger partial charge on any atom is -0.480 e. The highest BCUT2D eigenvalue weighted by atomic mass is 16.5. The molecular formula is C21H32N2O8. The van der Waals surface area contributed by atoms with Gasteiger partial charge in [-0.3, -0.25) is 29.0 Å². The van der Waals surface area contributed by atoms with Crippen molar-refractivity contribution >= 4 is 23.5 Å². The minimum absolute atomic E-state index is 0.0769. The Balaban J connectivity index is 1.53. The Hall–Kier alpha value is -1.88. The molecule has 0 aromatic rings. The molecule has 2 saturated heterocycles. The Morgan fingerprint density at radius 3 is 1.39 bits per heavy atom. The van der Waals surface area contributed by atoms with E-state index in [2.05, 4.69) is 0 Å². The topological polar surface area (TPSA) is 134 Å². The molecule has 3 aliphatic rings. The van der Waals surface area contributed by atoms with Crippen LogP contribution in [-0.2, 0) is 28.7 Å². The van der Waals surface area contributed by atoms with Crippen LogP contribution in [0.2, 0.25) is 0 Å². The van der Waals surface area contributed by atoms with Crippen molar-refractivity contribution < 1.29 is 38.9 Å². The molecule has 0 aromatic heterocycles. The number of rotatable bonds is 10. The first-order chi connectivity index (χ1) is 14.9. The first-order valence-electron chi connectivity index (χ1n) is 11.0. The van der Waals surface area contributed by atoms with E-state index < -0.39 is 24.0 Å². The first-order valence-corrected chi connectivity index (χ1v) is 11.0. The third-order valence-electron chi connectivity index (χ3n) is 6.68. The van der Waals surface area contributed by atoms with Gasteiger partial charge < -0.3 is 19.7 Å². The maximum absolute atomic E-state index is 12.8. The summed E-state index contributed by atoms with van der Waals surface area (Å²) < 4.78 is 10.5. The van der Waals surface area contributed by atoms with Gasteiger partial charge in [-0.05, 0) is 19.3 Å². The first kappa shape index (κ1) is 23.8. The lowest BCUT2D eigenvalue weighted by Gasteiger charge is -2.32. The van der Waals surface area contributed by atoms with E-state index in [1.165, 1.54) is 0 Å². The summed E-state index contributed by atoms with van der Waals surface area (Å²) in [5.41, 5.74) is 0. The Kier molecular flexibility index (Phi) is 8.53. The maximum atomic E-state index is 12.8. The largest absolute Gasteiger partial charge is 0.480 e. The summed E-state index contributed by atoms with van der Waals surface area (Å²) in [4.78, 5) is 52.5. The second-order valence-corrected chi connectivity index (χ2v) is 8.55. The van der Waals surface area contributed by atoms with Crippen molar-refractivity contribution in [1.82, 2.24) is 9.80 Å². The van der Waals surface area contributed by atoms with Crippen molar-refractivity contribution in [3.8, 4) is 0 Å². The van der Waals surface area contributed by atoms with Crippen molar-refractivity contribution in [2.75, 3.05) is 52.6 Å². The highest BCUT2D eigenvalue weighted by Gasteiger charge is 2.39. The lowest BCUT2D eigenvalue weighted by molar-refractivity contribution is -0.148. The van der Waals surface area contributed by atoms with Crippen LogP contribution in [0.1, 0.15) is 32.1 Å². The Labute approximate surface area is 181 Å². The highest BCUT2D eigenvalue weighted by molar-refractivity contribution is 5.90. The molecule has 2 N–H and O–H groups in total. The fourth-order valence-electron chi connectivity index (χ4n) is 4.80. The molecule has 0 spiro atoms. The van der Waals surface area contributed by atoms with E-state index in [9.17, 15) is 29.4 Å². The van der Waals surface area contributed by atoms with Crippen LogP contribution in [0.5, 0.6) is 0 Å². The summed E-state index contributed by atoms with van der Waals surface area (Å²) in [5, 5.41) is 19.1. The van der Waals surface area contributed by atoms with E-state index in [0.717, 1.165) is 0 Å². The molecule has 10 heteroatoms. The summed E-state index contributed by atoms with van der Waals surface area (Å²) in [5.74, 6) is -2.98. The molecule has 2 heterocycles. The van der Waals surface area contributed by atoms with Gasteiger partial charge in [0, 0.05) is 50.9 Å². The molecule has 0 bridgehead atoms. The van der Waals surface area contributed by atoms with Gasteiger partial charge in [0.25, 0.3) is 0 Å². The van der Waals surface area contributed by atoms with Crippen molar-refractivity contribution in [2.24, 2.45) is 11.8 Å². The number of ether oxygens (including phenoxy) is 2. The number of hydrogen-bond acceptors (Lipinski definition) is 8. The lowest BCUT2D eigenvalue weighted by Crippen LogP contribution is -2.48. The van der Waals surface area contributed by atoms with Gasteiger partial charge in [0.1, 0.15) is 23.7 Å². The van der Waals surface area contributed by atoms with E-state index in [1.54, 1.807) is 9.80 Å². The van der Waals surface area contributed by atoms with E-state index in [1.807, 2.05) is 0 Å². The Morgan fingerprint density at radius 2 is 1.06 bits per heavy atom. The van der Waals surface area contributed by atoms with Crippen LogP contribution in [0.3, 0.4) is 0 Å². The number of carboxylic acids is 2. The minimum atomic E-state index is -1.02. The molecule has 0 amide bonds. The van der Waals surface area contributed by atoms with Gasteiger partial charge >= 0.3 is 11.9 Å². The molecule has 0 radical (unpaired) electrons. The van der Waals surface area contributed by atoms with Crippen LogP contribution < -0.4 is 0 Å². The molecule has 0 aromatic carbocycles. The number of ketones is 2. The molecule has 4 unspecified atom stereocenters. The monoisotopic (exact) mass is 440 g/mol. The van der Waals surface area contributed by atoms with Crippen molar-refractivity contribution in [3.05, 3.63) is 0 Å². The van der Waals surface area contributed by atoms with Gasteiger partial charge in [0.15, 0.2) is 0 Å². The summed E-state index contributed by atoms with van der Waals surface area (Å²) in [6.07, 6.45) is 1.31. The summed E-state index contributed by atoms with van der Waals surface area (Å²) in [6.45, 7) is 3.72. The number of carbonyl (C=O) groups is 4. The Bertz CT molecular complexity index is 616. The molecule has 1 saturated carbocycles. The molecule has 174 valence electrons. The van der Waals surface area contributed by atoms with Crippen LogP contribution >= 0.6 is 0 Å². The standard InChI is InChI=1S/C21H32N2O8/c24-18(12-16(20(26)27)22-3-7-30-8-4-22)14-1-2-15(11-14)19(25)13-17(21(28)29)23-5-9-31-10-6-23/h14-17H,1-13H2,(H,26,27)(H,28,29). The normalized spacial score (nSPS) is 27.5. The van der Waals surface area contributed by atoms with Crippen LogP contribution in [-0.4, -0.2) is 108 Å². The van der Waals surface area contributed by atoms with Gasteiger partial charge in [-0.25, -0.2) is 0 Å². The number of morpholine rings is 2. The maximum Gasteiger partial charge on any atom is 0.321 e. The van der Waals surface area contributed by atoms with Gasteiger partial charge in [-0.2, -0.15) is 0 Å². The molecule has 2 aliphatic heterocycles. The fraction of sp³-hybridized carbons (Fsp3) is 0.810. The van der Waals surface area contributed by atoms with Crippen molar-refractivity contribution in [3.63, 3.8) is 0 Å². The molecule has 1 aliphatic carbocycles. The van der Waals surface area contributed by atoms with E-state index in [0.29, 0.717) is 71.9 Å². The average Bonchev–Trinajstić information content (AvgIpc) is 3.27. The molecule has 10 nitrogen and oxygen atoms in total. The highest BCUT2D eigenvalue weighted by Crippen LogP contribution is 2.34. The van der Waals surface area contributed by atoms with E-state index >= 15 is 0 Å². The predicted molar refractivity (Wildman–Crippen MR) is 108 cm³/mol. The smallest absolute Gasteiger partial charge is 0.321 e. The zero-order valence-electron chi connectivity index (χ0n) is 17.7.